The molecule has 0 aromatic heterocycles. The molecule has 0 saturated carbocycles. The van der Waals surface area contributed by atoms with Crippen LogP contribution in [-0.2, 0) is 14.8 Å². The van der Waals surface area contributed by atoms with Gasteiger partial charge in [0.05, 0.1) is 16.1 Å². The summed E-state index contributed by atoms with van der Waals surface area (Å²) in [6, 6.07) is 17.0. The first-order valence-electron chi connectivity index (χ1n) is 10.0. The number of carbonyl (C=O) groups is 2. The Kier molecular flexibility index (Phi) is 6.18. The Morgan fingerprint density at radius 1 is 0.818 bits per heavy atom. The fourth-order valence-electron chi connectivity index (χ4n) is 3.21. The number of hydrogen-bond acceptors (Lipinski definition) is 6. The van der Waals surface area contributed by atoms with Gasteiger partial charge in [-0.3, -0.25) is 14.3 Å². The maximum absolute atomic E-state index is 12.9. The highest BCUT2D eigenvalue weighted by Crippen LogP contribution is 2.33. The van der Waals surface area contributed by atoms with Crippen LogP contribution in [0.5, 0.6) is 11.5 Å². The molecular formula is C23H21N3O6S. The van der Waals surface area contributed by atoms with E-state index >= 15 is 0 Å². The third-order valence-electron chi connectivity index (χ3n) is 4.70. The van der Waals surface area contributed by atoms with E-state index in [1.807, 2.05) is 0 Å². The molecule has 0 aliphatic carbocycles. The van der Waals surface area contributed by atoms with Crippen LogP contribution in [0.15, 0.2) is 71.6 Å². The Balaban J connectivity index is 1.53. The van der Waals surface area contributed by atoms with Gasteiger partial charge in [0.2, 0.25) is 5.91 Å². The van der Waals surface area contributed by atoms with Crippen molar-refractivity contribution in [3.8, 4) is 11.5 Å². The molecule has 170 valence electrons. The van der Waals surface area contributed by atoms with E-state index in [9.17, 15) is 18.0 Å². The van der Waals surface area contributed by atoms with Gasteiger partial charge in [-0.05, 0) is 48.5 Å². The number of ether oxygens (including phenoxy) is 2. The van der Waals surface area contributed by atoms with Crippen molar-refractivity contribution in [2.45, 2.75) is 11.8 Å². The first-order chi connectivity index (χ1) is 15.8. The van der Waals surface area contributed by atoms with E-state index in [-0.39, 0.29) is 22.1 Å². The summed E-state index contributed by atoms with van der Waals surface area (Å²) in [6.45, 7) is 2.24. The summed E-state index contributed by atoms with van der Waals surface area (Å²) < 4.78 is 39.2. The van der Waals surface area contributed by atoms with Crippen LogP contribution in [0.2, 0.25) is 0 Å². The van der Waals surface area contributed by atoms with E-state index in [2.05, 4.69) is 15.4 Å². The molecule has 1 aliphatic rings. The number of fused-ring (bicyclic) bond motifs is 1. The van der Waals surface area contributed by atoms with Crippen LogP contribution in [0.25, 0.3) is 0 Å². The third kappa shape index (κ3) is 5.24. The topological polar surface area (TPSA) is 123 Å². The van der Waals surface area contributed by atoms with E-state index in [1.54, 1.807) is 30.3 Å². The summed E-state index contributed by atoms with van der Waals surface area (Å²) in [5, 5.41) is 5.33. The number of para-hydroxylation sites is 1. The van der Waals surface area contributed by atoms with E-state index in [4.69, 9.17) is 9.47 Å². The first kappa shape index (κ1) is 22.2. The molecule has 1 heterocycles. The number of amides is 2. The number of nitrogens with one attached hydrogen (secondary N) is 3. The van der Waals surface area contributed by atoms with E-state index in [1.165, 1.54) is 43.3 Å². The Bertz CT molecular complexity index is 1310. The second kappa shape index (κ2) is 9.21. The zero-order valence-corrected chi connectivity index (χ0v) is 18.4. The number of carbonyl (C=O) groups excluding carboxylic acids is 2. The largest absolute Gasteiger partial charge is 0.486 e. The van der Waals surface area contributed by atoms with Crippen LogP contribution in [0.4, 0.5) is 17.1 Å². The molecule has 3 aromatic carbocycles. The number of rotatable bonds is 6. The van der Waals surface area contributed by atoms with Gasteiger partial charge in [-0.15, -0.1) is 0 Å². The molecule has 3 aromatic rings. The molecule has 0 bridgehead atoms. The highest BCUT2D eigenvalue weighted by molar-refractivity contribution is 7.92. The summed E-state index contributed by atoms with van der Waals surface area (Å²) in [5.74, 6) is 0.361. The molecule has 4 rings (SSSR count). The second-order valence-electron chi connectivity index (χ2n) is 7.17. The SMILES string of the molecule is CC(=O)Nc1ccc(S(=O)(=O)Nc2ccccc2C(=O)Nc2ccc3c(c2)OCCO3)cc1. The Morgan fingerprint density at radius 2 is 1.48 bits per heavy atom. The Labute approximate surface area is 190 Å². The normalized spacial score (nSPS) is 12.5. The van der Waals surface area contributed by atoms with Crippen LogP contribution in [-0.4, -0.2) is 33.4 Å². The van der Waals surface area contributed by atoms with Crippen molar-refractivity contribution < 1.29 is 27.5 Å². The van der Waals surface area contributed by atoms with Crippen LogP contribution in [0.1, 0.15) is 17.3 Å². The third-order valence-corrected chi connectivity index (χ3v) is 6.08. The first-order valence-corrected chi connectivity index (χ1v) is 11.5. The lowest BCUT2D eigenvalue weighted by molar-refractivity contribution is -0.114. The Morgan fingerprint density at radius 3 is 2.21 bits per heavy atom. The van der Waals surface area contributed by atoms with Gasteiger partial charge in [0.1, 0.15) is 13.2 Å². The molecule has 0 saturated heterocycles. The minimum absolute atomic E-state index is 0.0151. The van der Waals surface area contributed by atoms with Crippen molar-refractivity contribution in [1.29, 1.82) is 0 Å². The highest BCUT2D eigenvalue weighted by atomic mass is 32.2. The van der Waals surface area contributed by atoms with Crippen molar-refractivity contribution in [1.82, 2.24) is 0 Å². The van der Waals surface area contributed by atoms with Crippen LogP contribution >= 0.6 is 0 Å². The molecule has 0 unspecified atom stereocenters. The Hall–Kier alpha value is -4.05. The average Bonchev–Trinajstić information content (AvgIpc) is 2.79. The van der Waals surface area contributed by atoms with Gasteiger partial charge >= 0.3 is 0 Å². The predicted molar refractivity (Wildman–Crippen MR) is 123 cm³/mol. The molecule has 0 spiro atoms. The number of sulfonamides is 1. The van der Waals surface area contributed by atoms with E-state index in [0.717, 1.165) is 0 Å². The van der Waals surface area contributed by atoms with Gasteiger partial charge in [-0.25, -0.2) is 8.42 Å². The molecule has 1 aliphatic heterocycles. The molecule has 33 heavy (non-hydrogen) atoms. The van der Waals surface area contributed by atoms with Gasteiger partial charge in [0.25, 0.3) is 15.9 Å². The van der Waals surface area contributed by atoms with Crippen molar-refractivity contribution in [2.75, 3.05) is 28.6 Å². The van der Waals surface area contributed by atoms with Gasteiger partial charge in [-0.2, -0.15) is 0 Å². The molecule has 9 nitrogen and oxygen atoms in total. The second-order valence-corrected chi connectivity index (χ2v) is 8.85. The van der Waals surface area contributed by atoms with Crippen molar-refractivity contribution >= 4 is 38.9 Å². The fourth-order valence-corrected chi connectivity index (χ4v) is 4.29. The zero-order valence-electron chi connectivity index (χ0n) is 17.6. The molecule has 0 atom stereocenters. The van der Waals surface area contributed by atoms with Crippen molar-refractivity contribution in [3.63, 3.8) is 0 Å². The summed E-state index contributed by atoms with van der Waals surface area (Å²) >= 11 is 0. The quantitative estimate of drug-likeness (QED) is 0.510. The van der Waals surface area contributed by atoms with Crippen molar-refractivity contribution in [2.24, 2.45) is 0 Å². The monoisotopic (exact) mass is 467 g/mol. The number of hydrogen-bond donors (Lipinski definition) is 3. The van der Waals surface area contributed by atoms with Crippen LogP contribution < -0.4 is 24.8 Å². The summed E-state index contributed by atoms with van der Waals surface area (Å²) in [5.41, 5.74) is 1.22. The van der Waals surface area contributed by atoms with Gasteiger partial charge in [-0.1, -0.05) is 12.1 Å². The molecule has 0 fully saturated rings. The summed E-state index contributed by atoms with van der Waals surface area (Å²) in [6.07, 6.45) is 0. The standard InChI is InChI=1S/C23H21N3O6S/c1-15(27)24-16-6-9-18(10-7-16)33(29,30)26-20-5-3-2-4-19(20)23(28)25-17-8-11-21-22(14-17)32-13-12-31-21/h2-11,14,26H,12-13H2,1H3,(H,24,27)(H,25,28). The fraction of sp³-hybridized carbons (Fsp3) is 0.130. The minimum Gasteiger partial charge on any atom is -0.486 e. The van der Waals surface area contributed by atoms with Gasteiger partial charge < -0.3 is 20.1 Å². The van der Waals surface area contributed by atoms with Crippen molar-refractivity contribution in [3.05, 3.63) is 72.3 Å². The lowest BCUT2D eigenvalue weighted by Gasteiger charge is -2.19. The van der Waals surface area contributed by atoms with Crippen LogP contribution in [0.3, 0.4) is 0 Å². The number of benzene rings is 3. The van der Waals surface area contributed by atoms with Gasteiger partial charge in [0, 0.05) is 24.4 Å². The number of anilines is 3. The summed E-state index contributed by atoms with van der Waals surface area (Å²) in [4.78, 5) is 24.0. The lowest BCUT2D eigenvalue weighted by atomic mass is 10.1. The average molecular weight is 468 g/mol. The summed E-state index contributed by atoms with van der Waals surface area (Å²) in [7, 11) is -3.98. The predicted octanol–water partition coefficient (Wildman–Crippen LogP) is 3.47. The lowest BCUT2D eigenvalue weighted by Crippen LogP contribution is -2.19. The molecule has 10 heteroatoms. The van der Waals surface area contributed by atoms with Gasteiger partial charge in [0.15, 0.2) is 11.5 Å². The van der Waals surface area contributed by atoms with E-state index in [0.29, 0.717) is 36.1 Å². The molecule has 2 amide bonds. The molecule has 3 N–H and O–H groups in total. The zero-order chi connectivity index (χ0) is 23.4. The maximum atomic E-state index is 12.9. The van der Waals surface area contributed by atoms with E-state index < -0.39 is 15.9 Å². The smallest absolute Gasteiger partial charge is 0.261 e. The minimum atomic E-state index is -3.98. The maximum Gasteiger partial charge on any atom is 0.261 e. The highest BCUT2D eigenvalue weighted by Gasteiger charge is 2.20. The van der Waals surface area contributed by atoms with Crippen LogP contribution in [0, 0.1) is 0 Å². The molecular weight excluding hydrogens is 446 g/mol. The molecule has 0 radical (unpaired) electrons.